The van der Waals surface area contributed by atoms with Gasteiger partial charge in [-0.15, -0.1) is 10.2 Å². The minimum absolute atomic E-state index is 0.00366. The fourth-order valence-corrected chi connectivity index (χ4v) is 10.6. The highest BCUT2D eigenvalue weighted by molar-refractivity contribution is 5.99. The number of benzene rings is 4. The van der Waals surface area contributed by atoms with Crippen LogP contribution in [0.5, 0.6) is 17.2 Å². The van der Waals surface area contributed by atoms with Crippen molar-refractivity contribution in [1.29, 1.82) is 0 Å². The highest BCUT2D eigenvalue weighted by Gasteiger charge is 2.39. The predicted molar refractivity (Wildman–Crippen MR) is 403 cm³/mol. The maximum Gasteiger partial charge on any atom is 0.316 e. The van der Waals surface area contributed by atoms with Crippen molar-refractivity contribution in [2.45, 2.75) is 199 Å². The van der Waals surface area contributed by atoms with Gasteiger partial charge in [0.05, 0.1) is 28.2 Å². The molecule has 576 valence electrons. The quantitative estimate of drug-likeness (QED) is 0.0410. The van der Waals surface area contributed by atoms with Crippen molar-refractivity contribution >= 4 is 47.0 Å². The largest absolute Gasteiger partial charge is 0.461 e. The number of carbonyl (C=O) groups is 8. The molecule has 0 fully saturated rings. The average molecular weight is 1490 g/mol. The van der Waals surface area contributed by atoms with Crippen LogP contribution in [0.15, 0.2) is 122 Å². The number of nitrogens with two attached hydrogens (primary N) is 1. The molecule has 0 aliphatic carbocycles. The smallest absolute Gasteiger partial charge is 0.316 e. The van der Waals surface area contributed by atoms with Gasteiger partial charge in [0, 0.05) is 64.6 Å². The van der Waals surface area contributed by atoms with E-state index in [1.807, 2.05) is 92.7 Å². The van der Waals surface area contributed by atoms with Crippen LogP contribution in [-0.2, 0) is 87.3 Å². The van der Waals surface area contributed by atoms with Gasteiger partial charge in [-0.2, -0.15) is 0 Å². The topological polar surface area (TPSA) is 343 Å². The van der Waals surface area contributed by atoms with E-state index in [4.69, 9.17) is 29.1 Å². The number of nitrogens with zero attached hydrogens (tertiary/aromatic N) is 8. The molecule has 4 aromatic heterocycles. The first-order valence-electron chi connectivity index (χ1n) is 35.3. The third-order valence-electron chi connectivity index (χ3n) is 17.0. The van der Waals surface area contributed by atoms with Gasteiger partial charge in [-0.3, -0.25) is 66.4 Å². The Hall–Kier alpha value is -10.9. The lowest BCUT2D eigenvalue weighted by Gasteiger charge is -2.26. The Morgan fingerprint density at radius 2 is 0.769 bits per heavy atom. The van der Waals surface area contributed by atoms with E-state index in [-0.39, 0.29) is 90.9 Å². The number of carbonyl (C=O) groups excluding carboxylic acids is 8. The van der Waals surface area contributed by atoms with E-state index < -0.39 is 114 Å². The van der Waals surface area contributed by atoms with Gasteiger partial charge in [0.2, 0.25) is 28.9 Å². The SMILES string of the molecule is Cc1ccc(CCC(=O)c2nc(C(C)(C)CC(=O)OCc3ccccc3)n(C)c(=O)c2OC(=O)C(C)(C)C)cc1.Cc1ccc(CCC(=O)c2nc(C(C)(C)CC(=O)c3nnc(C)o3)n(C)c(=O)c2OC(=O)C(C)(C)C)cc1.Cn1c(C(C)(C)N)nc(C(=O)CCc2ccc(F)cc2)c(OC(=O)C(C)(C)C)c1=O. The van der Waals surface area contributed by atoms with E-state index >= 15 is 0 Å². The van der Waals surface area contributed by atoms with Crippen LogP contribution >= 0.6 is 0 Å². The summed E-state index contributed by atoms with van der Waals surface area (Å²) in [5.41, 5.74) is 3.42. The Morgan fingerprint density at radius 1 is 0.435 bits per heavy atom. The molecule has 0 aliphatic heterocycles. The standard InChI is InChI=1S/C32H38N2O6.C28H34N4O6.C22H28FN3O4/c1-21-13-15-22(16-14-21)17-18-24(35)26-27(40-30(38)31(2,3)4)28(37)34(7)29(33-26)32(5,6)19-25(36)39-20-23-11-9-8-10-12-23;1-16-9-11-18(12-10-16)13-14-19(33)21-22(38-26(36)27(3,4)5)24(35)32(8)25(29-21)28(6,7)15-20(34)23-31-30-17(2)37-23;1-21(2,3)20(29)30-17-16(25-19(22(4,5)24)26(6)18(17)28)15(27)12-9-13-7-10-14(23)11-8-13/h8-16H,17-20H2,1-7H3;9-12H,13-15H2,1-8H3;7-8,10-11H,9,12,24H2,1-6H3. The fraction of sp³-hybridized carbons (Fsp3) is 0.439. The first kappa shape index (κ1) is 86.0. The minimum Gasteiger partial charge on any atom is -0.461 e. The molecule has 26 heteroatoms. The lowest BCUT2D eigenvalue weighted by Crippen LogP contribution is -2.40. The summed E-state index contributed by atoms with van der Waals surface area (Å²) in [5.74, 6) is -5.15. The summed E-state index contributed by atoms with van der Waals surface area (Å²) in [6.07, 6.45) is 1.04. The van der Waals surface area contributed by atoms with Gasteiger partial charge in [-0.05, 0) is 144 Å². The maximum atomic E-state index is 13.5. The molecule has 4 aromatic carbocycles. The van der Waals surface area contributed by atoms with Crippen LogP contribution < -0.4 is 36.6 Å². The molecular weight excluding hydrogens is 1390 g/mol. The summed E-state index contributed by atoms with van der Waals surface area (Å²) in [6.45, 7) is 30.7. The second kappa shape index (κ2) is 35.2. The molecule has 0 spiro atoms. The van der Waals surface area contributed by atoms with Crippen LogP contribution in [0.2, 0.25) is 0 Å². The molecule has 25 nitrogen and oxygen atoms in total. The van der Waals surface area contributed by atoms with E-state index in [0.29, 0.717) is 19.3 Å². The van der Waals surface area contributed by atoms with Crippen molar-refractivity contribution in [3.8, 4) is 17.2 Å². The number of Topliss-reactive ketones (excluding diaryl/α,β-unsaturated/α-hetero) is 4. The zero-order valence-corrected chi connectivity index (χ0v) is 65.7. The predicted octanol–water partition coefficient (Wildman–Crippen LogP) is 12.2. The van der Waals surface area contributed by atoms with Crippen molar-refractivity contribution in [3.05, 3.63) is 220 Å². The lowest BCUT2D eigenvalue weighted by molar-refractivity contribution is -0.146. The Balaban J connectivity index is 0.000000256. The van der Waals surface area contributed by atoms with Crippen LogP contribution in [-0.4, -0.2) is 85.9 Å². The molecule has 0 saturated carbocycles. The van der Waals surface area contributed by atoms with Crippen LogP contribution in [0.3, 0.4) is 0 Å². The zero-order valence-electron chi connectivity index (χ0n) is 65.7. The zero-order chi connectivity index (χ0) is 80.9. The summed E-state index contributed by atoms with van der Waals surface area (Å²) >= 11 is 0. The summed E-state index contributed by atoms with van der Waals surface area (Å²) < 4.78 is 43.7. The third-order valence-corrected chi connectivity index (χ3v) is 17.0. The Kier molecular flexibility index (Phi) is 28.1. The van der Waals surface area contributed by atoms with Crippen LogP contribution in [0.4, 0.5) is 4.39 Å². The van der Waals surface area contributed by atoms with Crippen molar-refractivity contribution in [2.75, 3.05) is 0 Å². The first-order chi connectivity index (χ1) is 50.0. The van der Waals surface area contributed by atoms with Gasteiger partial charge in [-0.1, -0.05) is 130 Å². The number of hydrogen-bond acceptors (Lipinski definition) is 22. The molecule has 0 saturated heterocycles. The molecule has 8 rings (SSSR count). The van der Waals surface area contributed by atoms with E-state index in [9.17, 15) is 57.1 Å². The number of ether oxygens (including phenoxy) is 4. The molecule has 0 atom stereocenters. The minimum atomic E-state index is -1.01. The number of ketones is 4. The molecule has 0 radical (unpaired) electrons. The summed E-state index contributed by atoms with van der Waals surface area (Å²) in [6, 6.07) is 30.7. The highest BCUT2D eigenvalue weighted by Crippen LogP contribution is 2.32. The van der Waals surface area contributed by atoms with Gasteiger partial charge in [-0.25, -0.2) is 19.3 Å². The second-order valence-electron chi connectivity index (χ2n) is 31.8. The Labute approximate surface area is 628 Å². The summed E-state index contributed by atoms with van der Waals surface area (Å²) in [5, 5.41) is 7.46. The number of rotatable bonds is 25. The third kappa shape index (κ3) is 23.3. The monoisotopic (exact) mass is 1490 g/mol. The van der Waals surface area contributed by atoms with Gasteiger partial charge in [0.15, 0.2) is 34.4 Å². The molecule has 2 N–H and O–H groups in total. The van der Waals surface area contributed by atoms with Crippen LogP contribution in [0.25, 0.3) is 0 Å². The fourth-order valence-electron chi connectivity index (χ4n) is 10.6. The van der Waals surface area contributed by atoms with Gasteiger partial charge >= 0.3 is 23.9 Å². The molecule has 108 heavy (non-hydrogen) atoms. The molecule has 4 heterocycles. The van der Waals surface area contributed by atoms with Crippen LogP contribution in [0.1, 0.15) is 235 Å². The number of aromatic nitrogens is 8. The van der Waals surface area contributed by atoms with E-state index in [2.05, 4.69) is 25.1 Å². The van der Waals surface area contributed by atoms with Crippen molar-refractivity contribution in [3.63, 3.8) is 0 Å². The van der Waals surface area contributed by atoms with Gasteiger partial charge in [0.1, 0.15) is 29.9 Å². The van der Waals surface area contributed by atoms with Gasteiger partial charge in [0.25, 0.3) is 22.6 Å². The van der Waals surface area contributed by atoms with E-state index in [0.717, 1.165) is 33.4 Å². The molecule has 0 bridgehead atoms. The average Bonchev–Trinajstić information content (AvgIpc) is 0.993. The number of halogens is 1. The van der Waals surface area contributed by atoms with Crippen molar-refractivity contribution in [1.82, 2.24) is 38.9 Å². The van der Waals surface area contributed by atoms with E-state index in [1.165, 1.54) is 47.0 Å². The molecule has 0 unspecified atom stereocenters. The number of esters is 4. The van der Waals surface area contributed by atoms with E-state index in [1.54, 1.807) is 123 Å². The molecule has 8 aromatic rings. The normalized spacial score (nSPS) is 11.8. The highest BCUT2D eigenvalue weighted by atomic mass is 19.1. The number of aryl methyl sites for hydroxylation is 6. The second-order valence-corrected chi connectivity index (χ2v) is 31.8. The van der Waals surface area contributed by atoms with Crippen molar-refractivity contribution in [2.24, 2.45) is 43.1 Å². The molecule has 0 aliphatic rings. The van der Waals surface area contributed by atoms with Crippen LogP contribution in [0, 0.1) is 42.8 Å². The lowest BCUT2D eigenvalue weighted by atomic mass is 9.85. The van der Waals surface area contributed by atoms with Crippen molar-refractivity contribution < 1.29 is 66.1 Å². The molecular formula is C82H100FN9O16. The van der Waals surface area contributed by atoms with Gasteiger partial charge < -0.3 is 29.1 Å². The Morgan fingerprint density at radius 3 is 1.10 bits per heavy atom. The molecule has 0 amide bonds. The Bertz CT molecular complexity index is 4830. The summed E-state index contributed by atoms with van der Waals surface area (Å²) in [7, 11) is 4.40. The first-order valence-corrected chi connectivity index (χ1v) is 35.3. The summed E-state index contributed by atoms with van der Waals surface area (Å²) in [4.78, 5) is 157. The maximum absolute atomic E-state index is 13.5. The number of hydrogen-bond donors (Lipinski definition) is 1.